The van der Waals surface area contributed by atoms with Crippen LogP contribution < -0.4 is 5.32 Å². The highest BCUT2D eigenvalue weighted by molar-refractivity contribution is 5.76. The number of rotatable bonds is 5. The number of hydrogen-bond acceptors (Lipinski definition) is 1. The molecule has 1 N–H and O–H groups in total. The highest BCUT2D eigenvalue weighted by Crippen LogP contribution is 2.09. The van der Waals surface area contributed by atoms with E-state index < -0.39 is 0 Å². The van der Waals surface area contributed by atoms with Crippen molar-refractivity contribution in [1.29, 1.82) is 0 Å². The maximum atomic E-state index is 13.4. The fourth-order valence-electron chi connectivity index (χ4n) is 1.94. The molecule has 0 radical (unpaired) electrons. The number of benzene rings is 2. The van der Waals surface area contributed by atoms with Gasteiger partial charge in [-0.15, -0.1) is 0 Å². The monoisotopic (exact) mass is 289 g/mol. The Kier molecular flexibility index (Phi) is 5.04. The van der Waals surface area contributed by atoms with Crippen molar-refractivity contribution in [3.63, 3.8) is 0 Å². The fourth-order valence-corrected chi connectivity index (χ4v) is 1.94. The topological polar surface area (TPSA) is 29.1 Å². The minimum absolute atomic E-state index is 0.111. The van der Waals surface area contributed by atoms with Crippen molar-refractivity contribution in [2.75, 3.05) is 0 Å². The summed E-state index contributed by atoms with van der Waals surface area (Å²) in [6, 6.07) is 11.0. The lowest BCUT2D eigenvalue weighted by Crippen LogP contribution is -2.23. The van der Waals surface area contributed by atoms with Gasteiger partial charge in [0.1, 0.15) is 11.6 Å². The standard InChI is InChI=1S/C17H17F2NO/c1-12-2-3-14(10-16(12)19)11-20-17(21)9-6-13-4-7-15(18)8-5-13/h2-5,7-8,10H,6,9,11H2,1H3,(H,20,21). The molecule has 2 nitrogen and oxygen atoms in total. The number of carbonyl (C=O) groups excluding carboxylic acids is 1. The Morgan fingerprint density at radius 2 is 1.71 bits per heavy atom. The summed E-state index contributed by atoms with van der Waals surface area (Å²) in [7, 11) is 0. The summed E-state index contributed by atoms with van der Waals surface area (Å²) < 4.78 is 26.1. The van der Waals surface area contributed by atoms with Crippen molar-refractivity contribution in [3.8, 4) is 0 Å². The van der Waals surface area contributed by atoms with Gasteiger partial charge < -0.3 is 5.32 Å². The molecule has 0 saturated carbocycles. The lowest BCUT2D eigenvalue weighted by atomic mass is 10.1. The molecule has 4 heteroatoms. The second kappa shape index (κ2) is 6.97. The largest absolute Gasteiger partial charge is 0.352 e. The first-order valence-corrected chi connectivity index (χ1v) is 6.81. The van der Waals surface area contributed by atoms with E-state index in [1.165, 1.54) is 18.2 Å². The van der Waals surface area contributed by atoms with Gasteiger partial charge in [0, 0.05) is 13.0 Å². The molecular weight excluding hydrogens is 272 g/mol. The first kappa shape index (κ1) is 15.2. The van der Waals surface area contributed by atoms with Gasteiger partial charge in [0.15, 0.2) is 0 Å². The smallest absolute Gasteiger partial charge is 0.220 e. The molecule has 2 rings (SSSR count). The molecule has 2 aromatic rings. The molecule has 0 atom stereocenters. The zero-order valence-corrected chi connectivity index (χ0v) is 11.8. The van der Waals surface area contributed by atoms with Crippen molar-refractivity contribution < 1.29 is 13.6 Å². The van der Waals surface area contributed by atoms with Crippen molar-refractivity contribution in [1.82, 2.24) is 5.32 Å². The number of hydrogen-bond donors (Lipinski definition) is 1. The lowest BCUT2D eigenvalue weighted by molar-refractivity contribution is -0.121. The van der Waals surface area contributed by atoms with Gasteiger partial charge in [0.05, 0.1) is 0 Å². The number of carbonyl (C=O) groups is 1. The fraction of sp³-hybridized carbons (Fsp3) is 0.235. The molecule has 110 valence electrons. The molecule has 0 spiro atoms. The highest BCUT2D eigenvalue weighted by Gasteiger charge is 2.04. The molecule has 0 fully saturated rings. The zero-order chi connectivity index (χ0) is 15.2. The zero-order valence-electron chi connectivity index (χ0n) is 11.8. The second-order valence-electron chi connectivity index (χ2n) is 4.99. The summed E-state index contributed by atoms with van der Waals surface area (Å²) in [5, 5.41) is 2.75. The van der Waals surface area contributed by atoms with Crippen LogP contribution in [0.5, 0.6) is 0 Å². The van der Waals surface area contributed by atoms with E-state index in [2.05, 4.69) is 5.32 Å². The number of aryl methyl sites for hydroxylation is 2. The first-order valence-electron chi connectivity index (χ1n) is 6.81. The minimum Gasteiger partial charge on any atom is -0.352 e. The first-order chi connectivity index (χ1) is 10.0. The molecule has 0 aliphatic carbocycles. The summed E-state index contributed by atoms with van der Waals surface area (Å²) in [5.74, 6) is -0.669. The van der Waals surface area contributed by atoms with Crippen LogP contribution in [0.15, 0.2) is 42.5 Å². The van der Waals surface area contributed by atoms with Gasteiger partial charge in [-0.2, -0.15) is 0 Å². The summed E-state index contributed by atoms with van der Waals surface area (Å²) in [4.78, 5) is 11.7. The summed E-state index contributed by atoms with van der Waals surface area (Å²) in [5.41, 5.74) is 2.22. The van der Waals surface area contributed by atoms with E-state index in [1.807, 2.05) is 0 Å². The molecule has 0 saturated heterocycles. The Morgan fingerprint density at radius 1 is 1.05 bits per heavy atom. The molecule has 0 aliphatic heterocycles. The molecule has 21 heavy (non-hydrogen) atoms. The van der Waals surface area contributed by atoms with E-state index >= 15 is 0 Å². The van der Waals surface area contributed by atoms with Crippen molar-refractivity contribution >= 4 is 5.91 Å². The Hall–Kier alpha value is -2.23. The van der Waals surface area contributed by atoms with Gasteiger partial charge in [0.25, 0.3) is 0 Å². The van der Waals surface area contributed by atoms with E-state index in [4.69, 9.17) is 0 Å². The van der Waals surface area contributed by atoms with E-state index in [0.717, 1.165) is 11.1 Å². The minimum atomic E-state index is -0.287. The second-order valence-corrected chi connectivity index (χ2v) is 4.99. The van der Waals surface area contributed by atoms with Crippen molar-refractivity contribution in [3.05, 3.63) is 70.8 Å². The average molecular weight is 289 g/mol. The van der Waals surface area contributed by atoms with E-state index in [9.17, 15) is 13.6 Å². The summed E-state index contributed by atoms with van der Waals surface area (Å²) >= 11 is 0. The van der Waals surface area contributed by atoms with Crippen LogP contribution >= 0.6 is 0 Å². The predicted molar refractivity (Wildman–Crippen MR) is 77.7 cm³/mol. The highest BCUT2D eigenvalue weighted by atomic mass is 19.1. The average Bonchev–Trinajstić information content (AvgIpc) is 2.48. The number of nitrogens with one attached hydrogen (secondary N) is 1. The van der Waals surface area contributed by atoms with Crippen LogP contribution in [0, 0.1) is 18.6 Å². The third kappa shape index (κ3) is 4.67. The molecule has 0 bridgehead atoms. The lowest BCUT2D eigenvalue weighted by Gasteiger charge is -2.06. The van der Waals surface area contributed by atoms with E-state index in [1.54, 1.807) is 31.2 Å². The van der Waals surface area contributed by atoms with E-state index in [0.29, 0.717) is 24.9 Å². The van der Waals surface area contributed by atoms with Crippen LogP contribution in [0.2, 0.25) is 0 Å². The van der Waals surface area contributed by atoms with Crippen molar-refractivity contribution in [2.45, 2.75) is 26.3 Å². The van der Waals surface area contributed by atoms with Gasteiger partial charge in [-0.25, -0.2) is 8.78 Å². The van der Waals surface area contributed by atoms with E-state index in [-0.39, 0.29) is 17.5 Å². The van der Waals surface area contributed by atoms with Gasteiger partial charge in [-0.3, -0.25) is 4.79 Å². The quantitative estimate of drug-likeness (QED) is 0.896. The summed E-state index contributed by atoms with van der Waals surface area (Å²) in [6.45, 7) is 2.00. The Bertz CT molecular complexity index is 623. The SMILES string of the molecule is Cc1ccc(CNC(=O)CCc2ccc(F)cc2)cc1F. The maximum Gasteiger partial charge on any atom is 0.220 e. The van der Waals surface area contributed by atoms with Crippen LogP contribution in [-0.2, 0) is 17.8 Å². The number of amides is 1. The molecule has 0 heterocycles. The van der Waals surface area contributed by atoms with Gasteiger partial charge >= 0.3 is 0 Å². The van der Waals surface area contributed by atoms with Gasteiger partial charge in [-0.1, -0.05) is 24.3 Å². The third-order valence-electron chi connectivity index (χ3n) is 3.28. The molecule has 2 aromatic carbocycles. The molecule has 1 amide bonds. The molecule has 0 aromatic heterocycles. The maximum absolute atomic E-state index is 13.4. The summed E-state index contributed by atoms with van der Waals surface area (Å²) in [6.07, 6.45) is 0.869. The molecule has 0 unspecified atom stereocenters. The Labute approximate surface area is 122 Å². The Morgan fingerprint density at radius 3 is 2.38 bits per heavy atom. The van der Waals surface area contributed by atoms with Gasteiger partial charge in [-0.05, 0) is 48.2 Å². The van der Waals surface area contributed by atoms with Gasteiger partial charge in [0.2, 0.25) is 5.91 Å². The number of halogens is 2. The Balaban J connectivity index is 1.79. The molecular formula is C17H17F2NO. The molecule has 0 aliphatic rings. The predicted octanol–water partition coefficient (Wildman–Crippen LogP) is 3.52. The van der Waals surface area contributed by atoms with Crippen LogP contribution in [0.4, 0.5) is 8.78 Å². The van der Waals surface area contributed by atoms with Crippen LogP contribution in [0.25, 0.3) is 0 Å². The van der Waals surface area contributed by atoms with Crippen LogP contribution in [0.1, 0.15) is 23.1 Å². The van der Waals surface area contributed by atoms with Crippen molar-refractivity contribution in [2.24, 2.45) is 0 Å². The van der Waals surface area contributed by atoms with Crippen LogP contribution in [-0.4, -0.2) is 5.91 Å². The van der Waals surface area contributed by atoms with Crippen LogP contribution in [0.3, 0.4) is 0 Å². The normalized spacial score (nSPS) is 10.4. The third-order valence-corrected chi connectivity index (χ3v) is 3.28.